The summed E-state index contributed by atoms with van der Waals surface area (Å²) in [5, 5.41) is 3.34. The molecule has 0 saturated heterocycles. The number of hydrogen-bond donors (Lipinski definition) is 1. The van der Waals surface area contributed by atoms with Crippen molar-refractivity contribution in [3.05, 3.63) is 0 Å². The molecule has 0 rings (SSSR count). The fourth-order valence-electron chi connectivity index (χ4n) is 1.45. The van der Waals surface area contributed by atoms with Crippen LogP contribution < -0.4 is 5.32 Å². The second-order valence-electron chi connectivity index (χ2n) is 3.97. The van der Waals surface area contributed by atoms with Crippen molar-refractivity contribution in [1.29, 1.82) is 0 Å². The molecule has 3 nitrogen and oxygen atoms in total. The lowest BCUT2D eigenvalue weighted by atomic mass is 10.2. The molecule has 3 heteroatoms. The van der Waals surface area contributed by atoms with Gasteiger partial charge in [-0.1, -0.05) is 26.2 Å². The molecule has 0 radical (unpaired) electrons. The molecule has 0 saturated carbocycles. The Kier molecular flexibility index (Phi) is 14.8. The largest absolute Gasteiger partial charge is 0.382 e. The third kappa shape index (κ3) is 13.9. The van der Waals surface area contributed by atoms with Crippen LogP contribution in [0.5, 0.6) is 0 Å². The standard InChI is InChI=1S/C13H29NO2/c1-3-5-6-7-11-16-13-10-14-9-8-12-15-4-2/h14H,3-13H2,1-2H3. The summed E-state index contributed by atoms with van der Waals surface area (Å²) in [7, 11) is 0. The average Bonchev–Trinajstić information content (AvgIpc) is 2.31. The summed E-state index contributed by atoms with van der Waals surface area (Å²) in [6.07, 6.45) is 6.22. The Labute approximate surface area is 101 Å². The van der Waals surface area contributed by atoms with Crippen LogP contribution in [0, 0.1) is 0 Å². The van der Waals surface area contributed by atoms with Gasteiger partial charge in [-0.3, -0.25) is 0 Å². The Hall–Kier alpha value is -0.120. The maximum atomic E-state index is 5.51. The van der Waals surface area contributed by atoms with Gasteiger partial charge < -0.3 is 14.8 Å². The van der Waals surface area contributed by atoms with Crippen LogP contribution in [-0.2, 0) is 9.47 Å². The van der Waals surface area contributed by atoms with Crippen LogP contribution in [0.1, 0.15) is 46.0 Å². The maximum absolute atomic E-state index is 5.51. The number of ether oxygens (including phenoxy) is 2. The average molecular weight is 231 g/mol. The minimum absolute atomic E-state index is 0.820. The number of unbranched alkanes of at least 4 members (excludes halogenated alkanes) is 3. The van der Waals surface area contributed by atoms with Gasteiger partial charge in [0.15, 0.2) is 0 Å². The van der Waals surface area contributed by atoms with Gasteiger partial charge in [0.05, 0.1) is 6.61 Å². The zero-order valence-corrected chi connectivity index (χ0v) is 11.1. The molecule has 0 amide bonds. The van der Waals surface area contributed by atoms with Gasteiger partial charge in [0, 0.05) is 26.4 Å². The highest BCUT2D eigenvalue weighted by atomic mass is 16.5. The molecule has 1 N–H and O–H groups in total. The predicted molar refractivity (Wildman–Crippen MR) is 68.9 cm³/mol. The minimum Gasteiger partial charge on any atom is -0.382 e. The van der Waals surface area contributed by atoms with E-state index in [0.717, 1.165) is 45.9 Å². The van der Waals surface area contributed by atoms with E-state index in [9.17, 15) is 0 Å². The molecular weight excluding hydrogens is 202 g/mol. The van der Waals surface area contributed by atoms with Crippen molar-refractivity contribution >= 4 is 0 Å². The Morgan fingerprint density at radius 2 is 1.56 bits per heavy atom. The molecule has 0 atom stereocenters. The summed E-state index contributed by atoms with van der Waals surface area (Å²) in [6.45, 7) is 9.68. The monoisotopic (exact) mass is 231 g/mol. The summed E-state index contributed by atoms with van der Waals surface area (Å²) in [5.74, 6) is 0. The maximum Gasteiger partial charge on any atom is 0.0590 e. The highest BCUT2D eigenvalue weighted by Gasteiger charge is 1.91. The van der Waals surface area contributed by atoms with Crippen molar-refractivity contribution in [3.8, 4) is 0 Å². The lowest BCUT2D eigenvalue weighted by molar-refractivity contribution is 0.127. The van der Waals surface area contributed by atoms with Crippen molar-refractivity contribution < 1.29 is 9.47 Å². The van der Waals surface area contributed by atoms with Gasteiger partial charge in [-0.25, -0.2) is 0 Å². The molecule has 0 fully saturated rings. The number of hydrogen-bond acceptors (Lipinski definition) is 3. The third-order valence-electron chi connectivity index (χ3n) is 2.41. The first-order valence-corrected chi connectivity index (χ1v) is 6.78. The summed E-state index contributed by atoms with van der Waals surface area (Å²) in [4.78, 5) is 0. The van der Waals surface area contributed by atoms with Crippen LogP contribution >= 0.6 is 0 Å². The molecule has 98 valence electrons. The fourth-order valence-corrected chi connectivity index (χ4v) is 1.45. The van der Waals surface area contributed by atoms with Crippen LogP contribution in [0.4, 0.5) is 0 Å². The van der Waals surface area contributed by atoms with Crippen LogP contribution in [0.2, 0.25) is 0 Å². The second-order valence-corrected chi connectivity index (χ2v) is 3.97. The van der Waals surface area contributed by atoms with Gasteiger partial charge in [0.1, 0.15) is 0 Å². The van der Waals surface area contributed by atoms with Gasteiger partial charge in [0.25, 0.3) is 0 Å². The predicted octanol–water partition coefficient (Wildman–Crippen LogP) is 2.60. The molecule has 16 heavy (non-hydrogen) atoms. The van der Waals surface area contributed by atoms with E-state index in [2.05, 4.69) is 12.2 Å². The van der Waals surface area contributed by atoms with Gasteiger partial charge in [-0.15, -0.1) is 0 Å². The first-order valence-electron chi connectivity index (χ1n) is 6.78. The fraction of sp³-hybridized carbons (Fsp3) is 1.00. The van der Waals surface area contributed by atoms with E-state index in [1.165, 1.54) is 25.7 Å². The molecule has 0 spiro atoms. The van der Waals surface area contributed by atoms with Gasteiger partial charge in [0.2, 0.25) is 0 Å². The van der Waals surface area contributed by atoms with Crippen molar-refractivity contribution in [1.82, 2.24) is 5.32 Å². The number of nitrogens with one attached hydrogen (secondary N) is 1. The number of rotatable bonds is 13. The van der Waals surface area contributed by atoms with Crippen LogP contribution in [-0.4, -0.2) is 39.5 Å². The lowest BCUT2D eigenvalue weighted by Gasteiger charge is -2.06. The van der Waals surface area contributed by atoms with E-state index < -0.39 is 0 Å². The molecular formula is C13H29NO2. The normalized spacial score (nSPS) is 10.9. The zero-order chi connectivity index (χ0) is 11.9. The van der Waals surface area contributed by atoms with E-state index in [1.807, 2.05) is 6.92 Å². The second kappa shape index (κ2) is 14.9. The van der Waals surface area contributed by atoms with Crippen LogP contribution in [0.3, 0.4) is 0 Å². The molecule has 0 aliphatic carbocycles. The molecule has 0 aliphatic heterocycles. The van der Waals surface area contributed by atoms with Crippen LogP contribution in [0.15, 0.2) is 0 Å². The topological polar surface area (TPSA) is 30.5 Å². The Morgan fingerprint density at radius 1 is 0.750 bits per heavy atom. The summed E-state index contributed by atoms with van der Waals surface area (Å²) in [5.41, 5.74) is 0. The molecule has 0 bridgehead atoms. The molecule has 0 heterocycles. The molecule has 0 unspecified atom stereocenters. The quantitative estimate of drug-likeness (QED) is 0.494. The first kappa shape index (κ1) is 15.9. The third-order valence-corrected chi connectivity index (χ3v) is 2.41. The zero-order valence-electron chi connectivity index (χ0n) is 11.1. The highest BCUT2D eigenvalue weighted by Crippen LogP contribution is 1.98. The van der Waals surface area contributed by atoms with Crippen molar-refractivity contribution in [3.63, 3.8) is 0 Å². The van der Waals surface area contributed by atoms with Crippen molar-refractivity contribution in [2.24, 2.45) is 0 Å². The lowest BCUT2D eigenvalue weighted by Crippen LogP contribution is -2.22. The van der Waals surface area contributed by atoms with E-state index >= 15 is 0 Å². The van der Waals surface area contributed by atoms with E-state index in [0.29, 0.717) is 0 Å². The van der Waals surface area contributed by atoms with Gasteiger partial charge in [-0.2, -0.15) is 0 Å². The molecule has 0 aromatic heterocycles. The van der Waals surface area contributed by atoms with Gasteiger partial charge in [-0.05, 0) is 26.3 Å². The van der Waals surface area contributed by atoms with Crippen molar-refractivity contribution in [2.45, 2.75) is 46.0 Å². The first-order chi connectivity index (χ1) is 7.91. The van der Waals surface area contributed by atoms with E-state index in [1.54, 1.807) is 0 Å². The smallest absolute Gasteiger partial charge is 0.0590 e. The molecule has 0 aliphatic rings. The minimum atomic E-state index is 0.820. The van der Waals surface area contributed by atoms with Crippen molar-refractivity contribution in [2.75, 3.05) is 39.5 Å². The van der Waals surface area contributed by atoms with E-state index in [4.69, 9.17) is 9.47 Å². The summed E-state index contributed by atoms with van der Waals surface area (Å²) in [6, 6.07) is 0. The van der Waals surface area contributed by atoms with Gasteiger partial charge >= 0.3 is 0 Å². The molecule has 0 aromatic carbocycles. The Balaban J connectivity index is 2.83. The Bertz CT molecular complexity index is 107. The Morgan fingerprint density at radius 3 is 2.31 bits per heavy atom. The molecule has 0 aromatic rings. The van der Waals surface area contributed by atoms with Crippen LogP contribution in [0.25, 0.3) is 0 Å². The summed E-state index contributed by atoms with van der Waals surface area (Å²) >= 11 is 0. The SMILES string of the molecule is CCCCCCOCCNCCCOCC. The summed E-state index contributed by atoms with van der Waals surface area (Å²) < 4.78 is 10.8. The van der Waals surface area contributed by atoms with E-state index in [-0.39, 0.29) is 0 Å². The highest BCUT2D eigenvalue weighted by molar-refractivity contribution is 4.47.